The van der Waals surface area contributed by atoms with Crippen molar-refractivity contribution in [1.82, 2.24) is 6.15 Å². The van der Waals surface area contributed by atoms with Crippen LogP contribution in [0.4, 0.5) is 0 Å². The van der Waals surface area contributed by atoms with Crippen molar-refractivity contribution < 1.29 is 45.2 Å². The summed E-state index contributed by atoms with van der Waals surface area (Å²) in [5.74, 6) is 0. The molecule has 0 aromatic rings. The summed E-state index contributed by atoms with van der Waals surface area (Å²) >= 11 is 0. The second kappa shape index (κ2) is 36.0. The van der Waals surface area contributed by atoms with Gasteiger partial charge in [-0.15, -0.1) is 0 Å². The molecule has 0 aliphatic rings. The molecule has 4 N–H and O–H groups in total. The number of hydrogen-bond acceptors (Lipinski definition) is 15. The third-order valence-corrected chi connectivity index (χ3v) is 0. The molecule has 0 amide bonds. The Labute approximate surface area is 129 Å². The van der Waals surface area contributed by atoms with Gasteiger partial charge in [0.25, 0.3) is 0 Å². The fraction of sp³-hybridized carbons (Fsp3) is 0. The van der Waals surface area contributed by atoms with Gasteiger partial charge >= 0.3 is 19.8 Å². The third kappa shape index (κ3) is 348. The first-order valence-electron chi connectivity index (χ1n) is 2.74. The Morgan fingerprint density at radius 1 is 0.364 bits per heavy atom. The van der Waals surface area contributed by atoms with E-state index in [1.54, 1.807) is 0 Å². The quantitative estimate of drug-likeness (QED) is 0.302. The molecule has 0 bridgehead atoms. The minimum atomic E-state index is -1.75. The van der Waals surface area contributed by atoms with Crippen LogP contribution in [0.25, 0.3) is 0 Å². The predicted octanol–water partition coefficient (Wildman–Crippen LogP) is -0.822. The summed E-state index contributed by atoms with van der Waals surface area (Å²) in [7, 11) is 0. The van der Waals surface area contributed by atoms with Crippen molar-refractivity contribution in [2.45, 2.75) is 0 Å². The average Bonchev–Trinajstić information content (AvgIpc) is 1.94. The van der Waals surface area contributed by atoms with Crippen molar-refractivity contribution in [3.63, 3.8) is 0 Å². The Kier molecular flexibility index (Phi) is 70.1. The van der Waals surface area contributed by atoms with E-state index in [0.717, 1.165) is 0 Å². The summed E-state index contributed by atoms with van der Waals surface area (Å²) in [5.41, 5.74) is 0. The van der Waals surface area contributed by atoms with Gasteiger partial charge in [0, 0.05) is 0 Å². The predicted molar refractivity (Wildman–Crippen MR) is 57.8 cm³/mol. The molecule has 0 aliphatic heterocycles. The third-order valence-electron chi connectivity index (χ3n) is 0. The Morgan fingerprint density at radius 2 is 0.364 bits per heavy atom. The van der Waals surface area contributed by atoms with Gasteiger partial charge in [-0.05, 0) is 0 Å². The standard InChI is InChI=1S/5NO3.H3N.Os/c5*2-1(3)4;;/h;;;;;1H3;/q5*-1;;+4/p+1. The molecule has 0 atom stereocenters. The van der Waals surface area contributed by atoms with Crippen molar-refractivity contribution in [2.24, 2.45) is 0 Å². The molecule has 22 heteroatoms. The zero-order chi connectivity index (χ0) is 17.9. The van der Waals surface area contributed by atoms with Crippen LogP contribution in [0.3, 0.4) is 0 Å². The molecule has 0 saturated heterocycles. The van der Waals surface area contributed by atoms with Crippen LogP contribution in [-0.2, 0) is 19.8 Å². The van der Waals surface area contributed by atoms with Gasteiger partial charge in [0.05, 0.1) is 25.4 Å². The summed E-state index contributed by atoms with van der Waals surface area (Å²) in [6.45, 7) is 0. The number of quaternary nitrogens is 1. The molecule has 0 aliphatic carbocycles. The van der Waals surface area contributed by atoms with Crippen LogP contribution in [-0.4, -0.2) is 25.4 Å². The maximum atomic E-state index is 8.25. The molecule has 132 valence electrons. The summed E-state index contributed by atoms with van der Waals surface area (Å²) in [6.07, 6.45) is 0. The molecule has 0 saturated carbocycles. The minimum Gasteiger partial charge on any atom is -0.369 e. The van der Waals surface area contributed by atoms with Crippen LogP contribution in [0.15, 0.2) is 0 Å². The average molecular weight is 518 g/mol. The van der Waals surface area contributed by atoms with Gasteiger partial charge in [0.1, 0.15) is 0 Å². The van der Waals surface area contributed by atoms with E-state index in [9.17, 15) is 0 Å². The van der Waals surface area contributed by atoms with E-state index >= 15 is 0 Å². The minimum absolute atomic E-state index is 0. The molecule has 0 radical (unpaired) electrons. The Hall–Kier alpha value is -3.40. The topological polar surface area (TPSA) is 367 Å². The fourth-order valence-corrected chi connectivity index (χ4v) is 0. The first-order valence-corrected chi connectivity index (χ1v) is 2.74. The zero-order valence-corrected chi connectivity index (χ0v) is 12.3. The summed E-state index contributed by atoms with van der Waals surface area (Å²) < 4.78 is 0. The zero-order valence-electron chi connectivity index (χ0n) is 9.71. The molecule has 0 heterocycles. The molecule has 0 rings (SSSR count). The van der Waals surface area contributed by atoms with Crippen LogP contribution < -0.4 is 6.15 Å². The van der Waals surface area contributed by atoms with Crippen molar-refractivity contribution in [2.75, 3.05) is 0 Å². The maximum absolute atomic E-state index is 8.25. The molecule has 21 nitrogen and oxygen atoms in total. The van der Waals surface area contributed by atoms with Gasteiger partial charge in [0.15, 0.2) is 0 Å². The van der Waals surface area contributed by atoms with E-state index in [0.29, 0.717) is 0 Å². The second-order valence-corrected chi connectivity index (χ2v) is 1.12. The first kappa shape index (κ1) is 42.8. The smallest absolute Gasteiger partial charge is 0.369 e. The van der Waals surface area contributed by atoms with Gasteiger partial charge in [0.2, 0.25) is 0 Å². The van der Waals surface area contributed by atoms with E-state index in [4.69, 9.17) is 76.6 Å². The molecule has 0 spiro atoms. The molecule has 0 aromatic heterocycles. The molecular weight excluding hydrogens is 514 g/mol. The van der Waals surface area contributed by atoms with E-state index in [-0.39, 0.29) is 25.9 Å². The monoisotopic (exact) mass is 520 g/mol. The normalized spacial score (nSPS) is 5.45. The SMILES string of the molecule is O=[N+]([O-])[O-].O=[N+]([O-])[O-].O=[N+]([O-])[O-].O=[N+]([O-])[O-].O=[N+]([O-])[O-].[NH4+].[Os+4]. The van der Waals surface area contributed by atoms with E-state index in [1.165, 1.54) is 0 Å². The van der Waals surface area contributed by atoms with E-state index in [2.05, 4.69) is 0 Å². The first-order chi connectivity index (χ1) is 8.66. The number of nitrogens with zero attached hydrogens (tertiary/aromatic N) is 5. The molecule has 22 heavy (non-hydrogen) atoms. The number of hydrogen-bond donors (Lipinski definition) is 1. The second-order valence-electron chi connectivity index (χ2n) is 1.12. The van der Waals surface area contributed by atoms with Gasteiger partial charge in [-0.1, -0.05) is 0 Å². The van der Waals surface area contributed by atoms with Gasteiger partial charge in [-0.25, -0.2) is 0 Å². The van der Waals surface area contributed by atoms with Crippen LogP contribution in [0.2, 0.25) is 0 Å². The van der Waals surface area contributed by atoms with Crippen molar-refractivity contribution >= 4 is 0 Å². The molecule has 0 aromatic carbocycles. The molecule has 0 fully saturated rings. The Morgan fingerprint density at radius 3 is 0.364 bits per heavy atom. The largest absolute Gasteiger partial charge is 4.00 e. The number of rotatable bonds is 0. The maximum Gasteiger partial charge on any atom is 4.00 e. The van der Waals surface area contributed by atoms with Crippen LogP contribution in [0.5, 0.6) is 0 Å². The Balaban J connectivity index is -0.0000000250. The van der Waals surface area contributed by atoms with Crippen LogP contribution in [0, 0.1) is 76.6 Å². The molecule has 0 unspecified atom stereocenters. The van der Waals surface area contributed by atoms with Crippen LogP contribution >= 0.6 is 0 Å². The fourth-order valence-electron chi connectivity index (χ4n) is 0. The Bertz CT molecular complexity index is 209. The summed E-state index contributed by atoms with van der Waals surface area (Å²) in [5, 5.41) is 73.8. The summed E-state index contributed by atoms with van der Waals surface area (Å²) in [4.78, 5) is 41.2. The summed E-state index contributed by atoms with van der Waals surface area (Å²) in [6, 6.07) is 0. The van der Waals surface area contributed by atoms with Crippen molar-refractivity contribution in [3.8, 4) is 0 Å². The van der Waals surface area contributed by atoms with Crippen LogP contribution in [0.1, 0.15) is 0 Å². The van der Waals surface area contributed by atoms with Gasteiger partial charge in [-0.2, -0.15) is 0 Å². The van der Waals surface area contributed by atoms with Gasteiger partial charge in [-0.3, -0.25) is 0 Å². The van der Waals surface area contributed by atoms with E-state index < -0.39 is 25.4 Å². The van der Waals surface area contributed by atoms with Crippen molar-refractivity contribution in [1.29, 1.82) is 0 Å². The van der Waals surface area contributed by atoms with E-state index in [1.807, 2.05) is 0 Å². The molecular formula is H4N6O15Os. The van der Waals surface area contributed by atoms with Gasteiger partial charge < -0.3 is 82.8 Å². The van der Waals surface area contributed by atoms with Crippen molar-refractivity contribution in [3.05, 3.63) is 76.6 Å².